The van der Waals surface area contributed by atoms with E-state index in [1.807, 2.05) is 19.1 Å². The van der Waals surface area contributed by atoms with Crippen molar-refractivity contribution in [2.45, 2.75) is 19.4 Å². The largest absolute Gasteiger partial charge is 0.454 e. The Morgan fingerprint density at radius 1 is 1.43 bits per heavy atom. The summed E-state index contributed by atoms with van der Waals surface area (Å²) >= 11 is 6.23. The molecule has 1 saturated heterocycles. The molecule has 21 heavy (non-hydrogen) atoms. The zero-order valence-corrected chi connectivity index (χ0v) is 13.3. The molecule has 3 rings (SSSR count). The second kappa shape index (κ2) is 5.66. The van der Waals surface area contributed by atoms with Crippen LogP contribution in [-0.2, 0) is 9.84 Å². The first-order chi connectivity index (χ1) is 10.00. The number of fused-ring (bicyclic) bond motifs is 1. The van der Waals surface area contributed by atoms with E-state index in [1.165, 1.54) is 0 Å². The number of ether oxygens (including phenoxy) is 2. The second-order valence-corrected chi connectivity index (χ2v) is 8.07. The number of halogens is 1. The van der Waals surface area contributed by atoms with E-state index in [0.29, 0.717) is 22.9 Å². The van der Waals surface area contributed by atoms with Crippen LogP contribution in [0, 0.1) is 5.92 Å². The summed E-state index contributed by atoms with van der Waals surface area (Å²) in [4.78, 5) is 0. The molecule has 0 radical (unpaired) electrons. The third kappa shape index (κ3) is 2.98. The van der Waals surface area contributed by atoms with Crippen LogP contribution in [0.15, 0.2) is 12.1 Å². The van der Waals surface area contributed by atoms with E-state index in [9.17, 15) is 8.42 Å². The Balaban J connectivity index is 1.93. The first-order valence-electron chi connectivity index (χ1n) is 7.03. The molecule has 0 aliphatic carbocycles. The Morgan fingerprint density at radius 3 is 2.90 bits per heavy atom. The van der Waals surface area contributed by atoms with Gasteiger partial charge in [0.25, 0.3) is 0 Å². The predicted molar refractivity (Wildman–Crippen MR) is 80.8 cm³/mol. The van der Waals surface area contributed by atoms with Crippen molar-refractivity contribution in [1.29, 1.82) is 0 Å². The molecular formula is C14H18ClNO4S. The predicted octanol–water partition coefficient (Wildman–Crippen LogP) is 2.15. The minimum Gasteiger partial charge on any atom is -0.454 e. The van der Waals surface area contributed by atoms with Gasteiger partial charge in [0.2, 0.25) is 6.79 Å². The van der Waals surface area contributed by atoms with Crippen molar-refractivity contribution < 1.29 is 17.9 Å². The lowest BCUT2D eigenvalue weighted by Gasteiger charge is -2.24. The summed E-state index contributed by atoms with van der Waals surface area (Å²) in [6.07, 6.45) is 0.673. The lowest BCUT2D eigenvalue weighted by Crippen LogP contribution is -2.29. The van der Waals surface area contributed by atoms with Crippen LogP contribution in [-0.4, -0.2) is 33.3 Å². The molecule has 2 atom stereocenters. The summed E-state index contributed by atoms with van der Waals surface area (Å²) in [6, 6.07) is 3.69. The fourth-order valence-corrected chi connectivity index (χ4v) is 5.14. The highest BCUT2D eigenvalue weighted by molar-refractivity contribution is 7.91. The molecule has 2 aliphatic heterocycles. The molecule has 1 aromatic carbocycles. The molecule has 0 amide bonds. The van der Waals surface area contributed by atoms with Gasteiger partial charge in [0.1, 0.15) is 0 Å². The normalized spacial score (nSPS) is 24.2. The highest BCUT2D eigenvalue weighted by Crippen LogP contribution is 2.43. The number of benzene rings is 1. The summed E-state index contributed by atoms with van der Waals surface area (Å²) in [5.74, 6) is 1.73. The summed E-state index contributed by atoms with van der Waals surface area (Å²) in [5.41, 5.74) is 0.952. The van der Waals surface area contributed by atoms with Gasteiger partial charge in [-0.15, -0.1) is 0 Å². The van der Waals surface area contributed by atoms with Crippen LogP contribution in [0.2, 0.25) is 5.02 Å². The maximum Gasteiger partial charge on any atom is 0.231 e. The Bertz CT molecular complexity index is 647. The van der Waals surface area contributed by atoms with Gasteiger partial charge in [-0.3, -0.25) is 0 Å². The molecule has 7 heteroatoms. The van der Waals surface area contributed by atoms with Crippen molar-refractivity contribution in [3.05, 3.63) is 22.7 Å². The van der Waals surface area contributed by atoms with Crippen molar-refractivity contribution in [3.8, 4) is 11.5 Å². The maximum atomic E-state index is 11.7. The van der Waals surface area contributed by atoms with Gasteiger partial charge >= 0.3 is 0 Å². The van der Waals surface area contributed by atoms with E-state index in [-0.39, 0.29) is 30.3 Å². The lowest BCUT2D eigenvalue weighted by molar-refractivity contribution is 0.174. The van der Waals surface area contributed by atoms with Crippen LogP contribution < -0.4 is 14.8 Å². The highest BCUT2D eigenvalue weighted by Gasteiger charge is 2.35. The van der Waals surface area contributed by atoms with Crippen LogP contribution in [0.4, 0.5) is 0 Å². The molecule has 0 saturated carbocycles. The van der Waals surface area contributed by atoms with E-state index >= 15 is 0 Å². The average molecular weight is 332 g/mol. The van der Waals surface area contributed by atoms with E-state index in [1.54, 1.807) is 0 Å². The Labute approximate surface area is 129 Å². The monoisotopic (exact) mass is 331 g/mol. The molecule has 2 unspecified atom stereocenters. The summed E-state index contributed by atoms with van der Waals surface area (Å²) in [6.45, 7) is 2.93. The van der Waals surface area contributed by atoms with Gasteiger partial charge < -0.3 is 14.8 Å². The number of hydrogen-bond donors (Lipinski definition) is 1. The van der Waals surface area contributed by atoms with Crippen molar-refractivity contribution in [1.82, 2.24) is 5.32 Å². The van der Waals surface area contributed by atoms with E-state index < -0.39 is 9.84 Å². The summed E-state index contributed by atoms with van der Waals surface area (Å²) in [5, 5.41) is 3.88. The molecule has 1 N–H and O–H groups in total. The molecule has 0 spiro atoms. The number of hydrogen-bond acceptors (Lipinski definition) is 5. The SMILES string of the molecule is CCNC(c1cc(Cl)c2c(c1)OCO2)C1CCS(=O)(=O)C1. The average Bonchev–Trinajstić information content (AvgIpc) is 3.02. The van der Waals surface area contributed by atoms with Gasteiger partial charge in [-0.05, 0) is 36.6 Å². The van der Waals surface area contributed by atoms with E-state index in [4.69, 9.17) is 21.1 Å². The molecular weight excluding hydrogens is 314 g/mol. The van der Waals surface area contributed by atoms with Crippen molar-refractivity contribution in [2.24, 2.45) is 5.92 Å². The topological polar surface area (TPSA) is 64.6 Å². The lowest BCUT2D eigenvalue weighted by atomic mass is 9.92. The number of nitrogens with one attached hydrogen (secondary N) is 1. The molecule has 2 aliphatic rings. The first-order valence-corrected chi connectivity index (χ1v) is 9.23. The summed E-state index contributed by atoms with van der Waals surface area (Å²) < 4.78 is 34.2. The first kappa shape index (κ1) is 14.9. The van der Waals surface area contributed by atoms with Gasteiger partial charge in [-0.2, -0.15) is 0 Å². The van der Waals surface area contributed by atoms with Crippen LogP contribution in [0.1, 0.15) is 24.9 Å². The molecule has 2 heterocycles. The smallest absolute Gasteiger partial charge is 0.231 e. The zero-order valence-electron chi connectivity index (χ0n) is 11.8. The maximum absolute atomic E-state index is 11.7. The van der Waals surface area contributed by atoms with Crippen LogP contribution >= 0.6 is 11.6 Å². The molecule has 0 aromatic heterocycles. The molecule has 5 nitrogen and oxygen atoms in total. The van der Waals surface area contributed by atoms with E-state index in [2.05, 4.69) is 5.32 Å². The molecule has 116 valence electrons. The van der Waals surface area contributed by atoms with Crippen LogP contribution in [0.25, 0.3) is 0 Å². The Morgan fingerprint density at radius 2 is 2.24 bits per heavy atom. The Hall–Kier alpha value is -0.980. The fraction of sp³-hybridized carbons (Fsp3) is 0.571. The number of rotatable bonds is 4. The Kier molecular flexibility index (Phi) is 4.03. The van der Waals surface area contributed by atoms with Crippen molar-refractivity contribution in [2.75, 3.05) is 24.8 Å². The molecule has 1 fully saturated rings. The van der Waals surface area contributed by atoms with Gasteiger partial charge in [-0.25, -0.2) is 8.42 Å². The summed E-state index contributed by atoms with van der Waals surface area (Å²) in [7, 11) is -2.92. The van der Waals surface area contributed by atoms with Gasteiger partial charge in [0.05, 0.1) is 16.5 Å². The van der Waals surface area contributed by atoms with Crippen molar-refractivity contribution >= 4 is 21.4 Å². The zero-order chi connectivity index (χ0) is 15.0. The van der Waals surface area contributed by atoms with Crippen LogP contribution in [0.5, 0.6) is 11.5 Å². The van der Waals surface area contributed by atoms with E-state index in [0.717, 1.165) is 12.1 Å². The standard InChI is InChI=1S/C14H18ClNO4S/c1-2-16-13(9-3-4-21(17,18)7-9)10-5-11(15)14-12(6-10)19-8-20-14/h5-6,9,13,16H,2-4,7-8H2,1H3. The second-order valence-electron chi connectivity index (χ2n) is 5.43. The van der Waals surface area contributed by atoms with Gasteiger partial charge in [0.15, 0.2) is 21.3 Å². The molecule has 1 aromatic rings. The quantitative estimate of drug-likeness (QED) is 0.916. The van der Waals surface area contributed by atoms with Crippen LogP contribution in [0.3, 0.4) is 0 Å². The third-order valence-electron chi connectivity index (χ3n) is 3.97. The van der Waals surface area contributed by atoms with Gasteiger partial charge in [-0.1, -0.05) is 18.5 Å². The fourth-order valence-electron chi connectivity index (χ4n) is 3.03. The molecule has 0 bridgehead atoms. The third-order valence-corrected chi connectivity index (χ3v) is 6.05. The van der Waals surface area contributed by atoms with Gasteiger partial charge in [0, 0.05) is 6.04 Å². The number of sulfone groups is 1. The minimum absolute atomic E-state index is 0.0423. The van der Waals surface area contributed by atoms with Crippen molar-refractivity contribution in [3.63, 3.8) is 0 Å². The highest BCUT2D eigenvalue weighted by atomic mass is 35.5. The minimum atomic E-state index is -2.92.